The summed E-state index contributed by atoms with van der Waals surface area (Å²) in [5, 5.41) is 16.6. The minimum Gasteiger partial charge on any atom is -0.383 e. The summed E-state index contributed by atoms with van der Waals surface area (Å²) in [6, 6.07) is 7.31. The number of carbonyl (C=O) groups is 1. The second-order valence-corrected chi connectivity index (χ2v) is 9.54. The molecule has 1 aromatic heterocycles. The number of hydrogen-bond donors (Lipinski definition) is 3. The van der Waals surface area contributed by atoms with E-state index in [0.29, 0.717) is 36.4 Å². The smallest absolute Gasteiger partial charge is 0.383 e. The van der Waals surface area contributed by atoms with Crippen LogP contribution in [-0.2, 0) is 4.79 Å². The molecule has 1 unspecified atom stereocenters. The van der Waals surface area contributed by atoms with Crippen molar-refractivity contribution in [1.29, 1.82) is 0 Å². The summed E-state index contributed by atoms with van der Waals surface area (Å²) in [6.45, 7) is 4.42. The Balaban J connectivity index is 1.51. The number of halogens is 4. The number of aliphatic hydroxyl groups is 1. The van der Waals surface area contributed by atoms with E-state index in [1.165, 1.54) is 6.92 Å². The summed E-state index contributed by atoms with van der Waals surface area (Å²) >= 11 is 6.64. The number of thioether (sulfide) groups is 1. The molecule has 0 saturated carbocycles. The molecule has 0 fully saturated rings. The molecule has 0 spiro atoms. The van der Waals surface area contributed by atoms with Crippen LogP contribution in [0.25, 0.3) is 10.9 Å². The highest BCUT2D eigenvalue weighted by Gasteiger charge is 2.50. The first kappa shape index (κ1) is 25.6. The second-order valence-electron chi connectivity index (χ2n) is 7.72. The third-order valence-electron chi connectivity index (χ3n) is 5.21. The fourth-order valence-corrected chi connectivity index (χ4v) is 4.75. The minimum atomic E-state index is -4.57. The van der Waals surface area contributed by atoms with Crippen molar-refractivity contribution in [1.82, 2.24) is 15.2 Å². The largest absolute Gasteiger partial charge is 0.404 e. The number of nitrogens with one attached hydrogen (secondary N) is 2. The average molecular weight is 503 g/mol. The van der Waals surface area contributed by atoms with Gasteiger partial charge in [0.05, 0.1) is 5.52 Å². The average Bonchev–Trinajstić information content (AvgIpc) is 2.96. The number of rotatable bonds is 10. The lowest BCUT2D eigenvalue weighted by Crippen LogP contribution is -2.48. The van der Waals surface area contributed by atoms with E-state index < -0.39 is 28.6 Å². The van der Waals surface area contributed by atoms with Crippen molar-refractivity contribution >= 4 is 45.9 Å². The van der Waals surface area contributed by atoms with Crippen molar-refractivity contribution in [3.8, 4) is 0 Å². The zero-order chi connectivity index (χ0) is 24.2. The summed E-state index contributed by atoms with van der Waals surface area (Å²) < 4.78 is 40.2. The standard InChI is InChI=1S/C22H26ClF3N4O2S/c1-3-33-19(22(24,25)26)16-13-21(2,32)30(20(16)31)11-10-27-8-9-29-17-6-7-28-18-12-14(23)4-5-15(17)18/h4-7,12-13,19,27,32H,3,8-11H2,1-2H3,(H,28,29)/t19?,21-/m1/s1. The number of aromatic nitrogens is 1. The summed E-state index contributed by atoms with van der Waals surface area (Å²) in [5.41, 5.74) is -0.499. The second kappa shape index (κ2) is 10.5. The number of hydrogen-bond acceptors (Lipinski definition) is 6. The highest BCUT2D eigenvalue weighted by molar-refractivity contribution is 8.00. The zero-order valence-corrected chi connectivity index (χ0v) is 19.8. The number of amides is 1. The Morgan fingerprint density at radius 2 is 2.03 bits per heavy atom. The van der Waals surface area contributed by atoms with Crippen LogP contribution >= 0.6 is 23.4 Å². The van der Waals surface area contributed by atoms with E-state index in [-0.39, 0.29) is 12.3 Å². The number of pyridine rings is 1. The van der Waals surface area contributed by atoms with E-state index in [4.69, 9.17) is 11.6 Å². The molecule has 2 atom stereocenters. The maximum absolute atomic E-state index is 13.4. The van der Waals surface area contributed by atoms with E-state index >= 15 is 0 Å². The van der Waals surface area contributed by atoms with E-state index in [1.54, 1.807) is 25.3 Å². The normalized spacial score (nSPS) is 19.8. The molecule has 2 aromatic rings. The molecule has 1 amide bonds. The van der Waals surface area contributed by atoms with E-state index in [9.17, 15) is 23.1 Å². The van der Waals surface area contributed by atoms with E-state index in [2.05, 4.69) is 15.6 Å². The summed E-state index contributed by atoms with van der Waals surface area (Å²) in [6.07, 6.45) is -1.86. The van der Waals surface area contributed by atoms with E-state index in [0.717, 1.165) is 27.6 Å². The van der Waals surface area contributed by atoms with Gasteiger partial charge in [0, 0.05) is 54.0 Å². The van der Waals surface area contributed by atoms with Gasteiger partial charge in [-0.25, -0.2) is 0 Å². The van der Waals surface area contributed by atoms with Gasteiger partial charge in [-0.3, -0.25) is 9.78 Å². The van der Waals surface area contributed by atoms with Gasteiger partial charge in [0.15, 0.2) is 5.72 Å². The van der Waals surface area contributed by atoms with Crippen molar-refractivity contribution in [3.05, 3.63) is 47.1 Å². The maximum Gasteiger partial charge on any atom is 0.404 e. The SMILES string of the molecule is CCSC(C1=C[C@@](C)(O)N(CCNCCNc2ccnc3cc(Cl)ccc23)C1=O)C(F)(F)F. The van der Waals surface area contributed by atoms with Crippen LogP contribution in [0.4, 0.5) is 18.9 Å². The first-order valence-electron chi connectivity index (χ1n) is 10.5. The Labute approximate surface area is 199 Å². The van der Waals surface area contributed by atoms with Crippen LogP contribution in [0.5, 0.6) is 0 Å². The lowest BCUT2D eigenvalue weighted by Gasteiger charge is -2.30. The fraction of sp³-hybridized carbons (Fsp3) is 0.455. The third-order valence-corrected chi connectivity index (χ3v) is 6.64. The molecule has 0 radical (unpaired) electrons. The molecule has 1 aliphatic heterocycles. The Kier molecular flexibility index (Phi) is 8.15. The number of nitrogens with zero attached hydrogens (tertiary/aromatic N) is 2. The summed E-state index contributed by atoms with van der Waals surface area (Å²) in [5.74, 6) is -0.587. The predicted octanol–water partition coefficient (Wildman–Crippen LogP) is 4.05. The Morgan fingerprint density at radius 3 is 2.73 bits per heavy atom. The minimum absolute atomic E-state index is 0.0733. The quantitative estimate of drug-likeness (QED) is 0.425. The molecule has 33 heavy (non-hydrogen) atoms. The van der Waals surface area contributed by atoms with Crippen molar-refractivity contribution in [2.75, 3.05) is 37.2 Å². The number of fused-ring (bicyclic) bond motifs is 1. The lowest BCUT2D eigenvalue weighted by atomic mass is 10.1. The number of alkyl halides is 3. The van der Waals surface area contributed by atoms with Crippen molar-refractivity contribution < 1.29 is 23.1 Å². The van der Waals surface area contributed by atoms with Gasteiger partial charge in [-0.2, -0.15) is 13.2 Å². The molecular weight excluding hydrogens is 477 g/mol. The maximum atomic E-state index is 13.4. The zero-order valence-electron chi connectivity index (χ0n) is 18.2. The van der Waals surface area contributed by atoms with Gasteiger partial charge in [0.25, 0.3) is 5.91 Å². The molecule has 1 aliphatic rings. The van der Waals surface area contributed by atoms with Crippen LogP contribution in [0.1, 0.15) is 13.8 Å². The highest BCUT2D eigenvalue weighted by atomic mass is 35.5. The molecule has 2 heterocycles. The summed E-state index contributed by atoms with van der Waals surface area (Å²) in [7, 11) is 0. The van der Waals surface area contributed by atoms with Gasteiger partial charge >= 0.3 is 6.18 Å². The van der Waals surface area contributed by atoms with Crippen molar-refractivity contribution in [2.24, 2.45) is 0 Å². The number of anilines is 1. The van der Waals surface area contributed by atoms with Gasteiger partial charge < -0.3 is 20.6 Å². The van der Waals surface area contributed by atoms with E-state index in [1.807, 2.05) is 12.1 Å². The van der Waals surface area contributed by atoms with Gasteiger partial charge in [-0.15, -0.1) is 11.8 Å². The van der Waals surface area contributed by atoms with Gasteiger partial charge in [0.1, 0.15) is 5.25 Å². The molecule has 3 N–H and O–H groups in total. The van der Waals surface area contributed by atoms with Crippen LogP contribution in [0.2, 0.25) is 5.02 Å². The first-order chi connectivity index (χ1) is 15.5. The van der Waals surface area contributed by atoms with Gasteiger partial charge in [-0.05, 0) is 43.0 Å². The molecule has 6 nitrogen and oxygen atoms in total. The molecular formula is C22H26ClF3N4O2S. The Bertz CT molecular complexity index is 1030. The first-order valence-corrected chi connectivity index (χ1v) is 11.9. The number of benzene rings is 1. The van der Waals surface area contributed by atoms with Crippen LogP contribution in [0, 0.1) is 0 Å². The van der Waals surface area contributed by atoms with Crippen molar-refractivity contribution in [3.63, 3.8) is 0 Å². The molecule has 0 saturated heterocycles. The third kappa shape index (κ3) is 6.11. The topological polar surface area (TPSA) is 77.5 Å². The molecule has 3 rings (SSSR count). The predicted molar refractivity (Wildman–Crippen MR) is 127 cm³/mol. The fourth-order valence-electron chi connectivity index (χ4n) is 3.72. The lowest BCUT2D eigenvalue weighted by molar-refractivity contribution is -0.144. The highest BCUT2D eigenvalue weighted by Crippen LogP contribution is 2.40. The molecule has 0 bridgehead atoms. The van der Waals surface area contributed by atoms with Gasteiger partial charge in [-0.1, -0.05) is 18.5 Å². The van der Waals surface area contributed by atoms with Crippen LogP contribution < -0.4 is 10.6 Å². The summed E-state index contributed by atoms with van der Waals surface area (Å²) in [4.78, 5) is 18.0. The van der Waals surface area contributed by atoms with Crippen LogP contribution in [0.3, 0.4) is 0 Å². The van der Waals surface area contributed by atoms with Gasteiger partial charge in [0.2, 0.25) is 0 Å². The molecule has 1 aromatic carbocycles. The Morgan fingerprint density at radius 1 is 1.27 bits per heavy atom. The molecule has 0 aliphatic carbocycles. The Hall–Kier alpha value is -2.01. The van der Waals surface area contributed by atoms with Crippen LogP contribution in [0.15, 0.2) is 42.1 Å². The van der Waals surface area contributed by atoms with Crippen LogP contribution in [-0.4, -0.2) is 70.0 Å². The number of carbonyl (C=O) groups excluding carboxylic acids is 1. The molecule has 11 heteroatoms. The monoisotopic (exact) mass is 502 g/mol. The van der Waals surface area contributed by atoms with Crippen molar-refractivity contribution in [2.45, 2.75) is 31.0 Å². The molecule has 180 valence electrons.